The Morgan fingerprint density at radius 3 is 2.73 bits per heavy atom. The van der Waals surface area contributed by atoms with Gasteiger partial charge in [0, 0.05) is 19.2 Å². The van der Waals surface area contributed by atoms with Gasteiger partial charge in [-0.15, -0.1) is 6.58 Å². The van der Waals surface area contributed by atoms with E-state index in [4.69, 9.17) is 5.11 Å². The molecule has 0 radical (unpaired) electrons. The molecule has 0 aliphatic rings. The molecule has 1 aromatic rings. The first-order valence-corrected chi connectivity index (χ1v) is 4.75. The molecule has 0 aliphatic heterocycles. The predicted molar refractivity (Wildman–Crippen MR) is 57.6 cm³/mol. The highest BCUT2D eigenvalue weighted by Gasteiger charge is 2.30. The number of aliphatic carboxylic acids is 1. The molecule has 1 N–H and O–H groups in total. The minimum Gasteiger partial charge on any atom is -0.481 e. The summed E-state index contributed by atoms with van der Waals surface area (Å²) in [6.45, 7) is 7.12. The normalized spacial score (nSPS) is 14.6. The Hall–Kier alpha value is -1.58. The first kappa shape index (κ1) is 11.5. The van der Waals surface area contributed by atoms with Gasteiger partial charge in [-0.05, 0) is 19.9 Å². The average molecular weight is 208 g/mol. The van der Waals surface area contributed by atoms with Gasteiger partial charge in [0.1, 0.15) is 0 Å². The predicted octanol–water partition coefficient (Wildman–Crippen LogP) is 1.55. The van der Waals surface area contributed by atoms with E-state index in [1.54, 1.807) is 11.6 Å². The van der Waals surface area contributed by atoms with Crippen molar-refractivity contribution in [2.75, 3.05) is 0 Å². The zero-order valence-electron chi connectivity index (χ0n) is 9.32. The highest BCUT2D eigenvalue weighted by molar-refractivity contribution is 5.76. The van der Waals surface area contributed by atoms with Crippen LogP contribution in [-0.4, -0.2) is 20.9 Å². The Kier molecular flexibility index (Phi) is 2.98. The number of aromatic nitrogens is 2. The molecule has 1 atom stereocenters. The molecule has 0 fully saturated rings. The highest BCUT2D eigenvalue weighted by atomic mass is 16.4. The molecule has 0 saturated carbocycles. The maximum Gasteiger partial charge on any atom is 0.313 e. The Morgan fingerprint density at radius 2 is 2.40 bits per heavy atom. The van der Waals surface area contributed by atoms with Crippen LogP contribution in [0.5, 0.6) is 0 Å². The zero-order valence-corrected chi connectivity index (χ0v) is 9.32. The number of carbonyl (C=O) groups is 1. The number of hydrogen-bond acceptors (Lipinski definition) is 2. The van der Waals surface area contributed by atoms with Crippen molar-refractivity contribution in [2.45, 2.75) is 20.3 Å². The molecule has 0 bridgehead atoms. The molecule has 0 amide bonds. The largest absolute Gasteiger partial charge is 0.481 e. The SMILES string of the molecule is C=CC(C)(Cc1cc(C)nn1C)C(=O)O. The first-order chi connectivity index (χ1) is 6.89. The maximum absolute atomic E-state index is 11.1. The van der Waals surface area contributed by atoms with Crippen LogP contribution in [0.2, 0.25) is 0 Å². The number of carboxylic acid groups (broad SMARTS) is 1. The zero-order chi connectivity index (χ0) is 11.6. The summed E-state index contributed by atoms with van der Waals surface area (Å²) in [5.74, 6) is -0.864. The third-order valence-corrected chi connectivity index (χ3v) is 2.59. The van der Waals surface area contributed by atoms with E-state index in [1.165, 1.54) is 6.08 Å². The fraction of sp³-hybridized carbons (Fsp3) is 0.455. The summed E-state index contributed by atoms with van der Waals surface area (Å²) in [5.41, 5.74) is 0.863. The Bertz CT molecular complexity index is 395. The molecule has 0 aliphatic carbocycles. The number of hydrogen-bond donors (Lipinski definition) is 1. The monoisotopic (exact) mass is 208 g/mol. The lowest BCUT2D eigenvalue weighted by Crippen LogP contribution is -2.28. The van der Waals surface area contributed by atoms with E-state index in [2.05, 4.69) is 11.7 Å². The number of nitrogens with zero attached hydrogens (tertiary/aromatic N) is 2. The van der Waals surface area contributed by atoms with Crippen LogP contribution in [0.15, 0.2) is 18.7 Å². The fourth-order valence-electron chi connectivity index (χ4n) is 1.44. The van der Waals surface area contributed by atoms with Crippen LogP contribution < -0.4 is 0 Å². The van der Waals surface area contributed by atoms with Gasteiger partial charge < -0.3 is 5.11 Å². The third-order valence-electron chi connectivity index (χ3n) is 2.59. The summed E-state index contributed by atoms with van der Waals surface area (Å²) in [4.78, 5) is 11.1. The van der Waals surface area contributed by atoms with E-state index in [0.29, 0.717) is 6.42 Å². The van der Waals surface area contributed by atoms with E-state index < -0.39 is 11.4 Å². The van der Waals surface area contributed by atoms with Crippen LogP contribution in [0.25, 0.3) is 0 Å². The minimum atomic E-state index is -0.930. The highest BCUT2D eigenvalue weighted by Crippen LogP contribution is 2.24. The van der Waals surface area contributed by atoms with Crippen LogP contribution >= 0.6 is 0 Å². The van der Waals surface area contributed by atoms with E-state index in [-0.39, 0.29) is 0 Å². The number of rotatable bonds is 4. The van der Waals surface area contributed by atoms with Crippen LogP contribution in [0.1, 0.15) is 18.3 Å². The van der Waals surface area contributed by atoms with Crippen molar-refractivity contribution < 1.29 is 9.90 Å². The summed E-state index contributed by atoms with van der Waals surface area (Å²) in [7, 11) is 1.81. The van der Waals surface area contributed by atoms with E-state index in [9.17, 15) is 4.79 Å². The maximum atomic E-state index is 11.1. The summed E-state index contributed by atoms with van der Waals surface area (Å²) < 4.78 is 1.71. The quantitative estimate of drug-likeness (QED) is 0.764. The average Bonchev–Trinajstić information content (AvgIpc) is 2.44. The van der Waals surface area contributed by atoms with Crippen LogP contribution in [0, 0.1) is 12.3 Å². The molecule has 0 spiro atoms. The summed E-state index contributed by atoms with van der Waals surface area (Å²) in [6.07, 6.45) is 1.88. The van der Waals surface area contributed by atoms with Crippen LogP contribution in [0.4, 0.5) is 0 Å². The summed E-state index contributed by atoms with van der Waals surface area (Å²) in [5, 5.41) is 13.3. The molecular weight excluding hydrogens is 192 g/mol. The fourth-order valence-corrected chi connectivity index (χ4v) is 1.44. The second kappa shape index (κ2) is 3.88. The Labute approximate surface area is 89.2 Å². The lowest BCUT2D eigenvalue weighted by molar-refractivity contribution is -0.145. The van der Waals surface area contributed by atoms with Crippen molar-refractivity contribution in [3.05, 3.63) is 30.1 Å². The Morgan fingerprint density at radius 1 is 1.80 bits per heavy atom. The van der Waals surface area contributed by atoms with Gasteiger partial charge in [0.15, 0.2) is 0 Å². The van der Waals surface area contributed by atoms with E-state index in [0.717, 1.165) is 11.4 Å². The number of aryl methyl sites for hydroxylation is 2. The van der Waals surface area contributed by atoms with Gasteiger partial charge >= 0.3 is 5.97 Å². The standard InChI is InChI=1S/C11H16N2O2/c1-5-11(3,10(14)15)7-9-6-8(2)12-13(9)4/h5-6H,1,7H2,2-4H3,(H,14,15). The van der Waals surface area contributed by atoms with E-state index >= 15 is 0 Å². The molecule has 1 aromatic heterocycles. The van der Waals surface area contributed by atoms with Gasteiger partial charge in [-0.3, -0.25) is 9.48 Å². The van der Waals surface area contributed by atoms with Gasteiger partial charge in [0.2, 0.25) is 0 Å². The smallest absolute Gasteiger partial charge is 0.313 e. The third kappa shape index (κ3) is 2.26. The van der Waals surface area contributed by atoms with Crippen molar-refractivity contribution in [1.82, 2.24) is 9.78 Å². The van der Waals surface area contributed by atoms with Gasteiger partial charge in [-0.2, -0.15) is 5.10 Å². The van der Waals surface area contributed by atoms with Crippen molar-refractivity contribution >= 4 is 5.97 Å². The topological polar surface area (TPSA) is 55.1 Å². The Balaban J connectivity index is 2.98. The molecule has 1 rings (SSSR count). The molecule has 0 saturated heterocycles. The molecule has 0 aromatic carbocycles. The summed E-state index contributed by atoms with van der Waals surface area (Å²) >= 11 is 0. The molecule has 82 valence electrons. The first-order valence-electron chi connectivity index (χ1n) is 4.75. The van der Waals surface area contributed by atoms with Crippen LogP contribution in [0.3, 0.4) is 0 Å². The van der Waals surface area contributed by atoms with Crippen molar-refractivity contribution in [1.29, 1.82) is 0 Å². The second-order valence-electron chi connectivity index (χ2n) is 4.00. The lowest BCUT2D eigenvalue weighted by Gasteiger charge is -2.19. The van der Waals surface area contributed by atoms with Crippen molar-refractivity contribution in [3.63, 3.8) is 0 Å². The molecule has 4 heteroatoms. The van der Waals surface area contributed by atoms with Gasteiger partial charge in [0.05, 0.1) is 11.1 Å². The van der Waals surface area contributed by atoms with Gasteiger partial charge in [-0.1, -0.05) is 6.08 Å². The molecule has 1 heterocycles. The van der Waals surface area contributed by atoms with E-state index in [1.807, 2.05) is 20.0 Å². The molecule has 1 unspecified atom stereocenters. The van der Waals surface area contributed by atoms with Gasteiger partial charge in [0.25, 0.3) is 0 Å². The number of carboxylic acids is 1. The lowest BCUT2D eigenvalue weighted by atomic mass is 9.85. The summed E-state index contributed by atoms with van der Waals surface area (Å²) in [6, 6.07) is 1.89. The van der Waals surface area contributed by atoms with Crippen LogP contribution in [-0.2, 0) is 18.3 Å². The van der Waals surface area contributed by atoms with Gasteiger partial charge in [-0.25, -0.2) is 0 Å². The van der Waals surface area contributed by atoms with Crippen molar-refractivity contribution in [3.8, 4) is 0 Å². The molecule has 15 heavy (non-hydrogen) atoms. The minimum absolute atomic E-state index is 0.406. The molecule has 4 nitrogen and oxygen atoms in total. The second-order valence-corrected chi connectivity index (χ2v) is 4.00. The molecular formula is C11H16N2O2. The van der Waals surface area contributed by atoms with Crippen molar-refractivity contribution in [2.24, 2.45) is 12.5 Å².